The highest BCUT2D eigenvalue weighted by molar-refractivity contribution is 7.92. The molecule has 1 aliphatic heterocycles. The summed E-state index contributed by atoms with van der Waals surface area (Å²) >= 11 is 0. The van der Waals surface area contributed by atoms with E-state index in [0.29, 0.717) is 11.3 Å². The van der Waals surface area contributed by atoms with Crippen LogP contribution in [0.5, 0.6) is 0 Å². The SMILES string of the molecule is Cc1ccc(S(=O)(=O)Nc2ccc(C(=O)Nc3ccc(N4CCCCC4)cc3)cc2)cc1. The minimum absolute atomic E-state index is 0.193. The molecule has 7 heteroatoms. The zero-order chi connectivity index (χ0) is 22.6. The first-order valence-electron chi connectivity index (χ1n) is 10.8. The lowest BCUT2D eigenvalue weighted by molar-refractivity contribution is 0.102. The number of piperidine rings is 1. The number of nitrogens with one attached hydrogen (secondary N) is 2. The summed E-state index contributed by atoms with van der Waals surface area (Å²) in [6.07, 6.45) is 3.72. The van der Waals surface area contributed by atoms with E-state index in [-0.39, 0.29) is 10.8 Å². The molecule has 0 unspecified atom stereocenters. The Bertz CT molecular complexity index is 1170. The summed E-state index contributed by atoms with van der Waals surface area (Å²) in [6, 6.07) is 20.9. The van der Waals surface area contributed by atoms with Crippen molar-refractivity contribution in [2.75, 3.05) is 28.0 Å². The van der Waals surface area contributed by atoms with Crippen molar-refractivity contribution in [1.82, 2.24) is 0 Å². The molecule has 32 heavy (non-hydrogen) atoms. The zero-order valence-corrected chi connectivity index (χ0v) is 18.9. The van der Waals surface area contributed by atoms with E-state index in [2.05, 4.69) is 14.9 Å². The summed E-state index contributed by atoms with van der Waals surface area (Å²) in [5.74, 6) is -0.247. The first-order valence-corrected chi connectivity index (χ1v) is 12.2. The highest BCUT2D eigenvalue weighted by Crippen LogP contribution is 2.22. The van der Waals surface area contributed by atoms with Crippen LogP contribution < -0.4 is 14.9 Å². The molecule has 0 aromatic heterocycles. The number of hydrogen-bond donors (Lipinski definition) is 2. The van der Waals surface area contributed by atoms with Crippen molar-refractivity contribution in [3.05, 3.63) is 83.9 Å². The fraction of sp³-hybridized carbons (Fsp3) is 0.240. The molecule has 6 nitrogen and oxygen atoms in total. The van der Waals surface area contributed by atoms with Crippen LogP contribution in [0.25, 0.3) is 0 Å². The first-order chi connectivity index (χ1) is 15.4. The Morgan fingerprint density at radius 1 is 0.781 bits per heavy atom. The summed E-state index contributed by atoms with van der Waals surface area (Å²) in [4.78, 5) is 15.1. The van der Waals surface area contributed by atoms with E-state index in [1.807, 2.05) is 31.2 Å². The van der Waals surface area contributed by atoms with Crippen LogP contribution in [-0.2, 0) is 10.0 Å². The van der Waals surface area contributed by atoms with Gasteiger partial charge in [-0.15, -0.1) is 0 Å². The van der Waals surface area contributed by atoms with E-state index in [9.17, 15) is 13.2 Å². The highest BCUT2D eigenvalue weighted by Gasteiger charge is 2.15. The number of rotatable bonds is 6. The Labute approximate surface area is 189 Å². The number of anilines is 3. The van der Waals surface area contributed by atoms with Crippen LogP contribution in [-0.4, -0.2) is 27.4 Å². The molecule has 3 aromatic rings. The number of sulfonamides is 1. The van der Waals surface area contributed by atoms with Crippen LogP contribution in [0, 0.1) is 6.92 Å². The third-order valence-corrected chi connectivity index (χ3v) is 6.97. The minimum Gasteiger partial charge on any atom is -0.372 e. The molecule has 3 aromatic carbocycles. The number of carbonyl (C=O) groups is 1. The van der Waals surface area contributed by atoms with Gasteiger partial charge in [0, 0.05) is 35.7 Å². The van der Waals surface area contributed by atoms with Crippen molar-refractivity contribution >= 4 is 33.0 Å². The maximum absolute atomic E-state index is 12.6. The van der Waals surface area contributed by atoms with E-state index >= 15 is 0 Å². The van der Waals surface area contributed by atoms with Crippen LogP contribution in [0.2, 0.25) is 0 Å². The van der Waals surface area contributed by atoms with Crippen molar-refractivity contribution in [2.24, 2.45) is 0 Å². The van der Waals surface area contributed by atoms with Gasteiger partial charge in [0.2, 0.25) is 0 Å². The number of nitrogens with zero attached hydrogens (tertiary/aromatic N) is 1. The van der Waals surface area contributed by atoms with Crippen molar-refractivity contribution < 1.29 is 13.2 Å². The third kappa shape index (κ3) is 5.29. The molecule has 1 saturated heterocycles. The summed E-state index contributed by atoms with van der Waals surface area (Å²) in [7, 11) is -3.68. The van der Waals surface area contributed by atoms with E-state index < -0.39 is 10.0 Å². The van der Waals surface area contributed by atoms with Crippen LogP contribution in [0.4, 0.5) is 17.1 Å². The van der Waals surface area contributed by atoms with Crippen molar-refractivity contribution in [1.29, 1.82) is 0 Å². The second kappa shape index (κ2) is 9.44. The molecular formula is C25H27N3O3S. The third-order valence-electron chi connectivity index (χ3n) is 5.58. The summed E-state index contributed by atoms with van der Waals surface area (Å²) < 4.78 is 27.6. The Kier molecular flexibility index (Phi) is 6.46. The van der Waals surface area contributed by atoms with Gasteiger partial charge >= 0.3 is 0 Å². The van der Waals surface area contributed by atoms with Crippen molar-refractivity contribution in [3.63, 3.8) is 0 Å². The maximum Gasteiger partial charge on any atom is 0.261 e. The molecule has 1 amide bonds. The molecule has 4 rings (SSSR count). The summed E-state index contributed by atoms with van der Waals surface area (Å²) in [5.41, 5.74) is 3.73. The fourth-order valence-electron chi connectivity index (χ4n) is 3.73. The fourth-order valence-corrected chi connectivity index (χ4v) is 4.79. The molecule has 0 spiro atoms. The van der Waals surface area contributed by atoms with Gasteiger partial charge in [-0.3, -0.25) is 9.52 Å². The topological polar surface area (TPSA) is 78.5 Å². The molecule has 0 atom stereocenters. The molecule has 1 heterocycles. The summed E-state index contributed by atoms with van der Waals surface area (Å²) in [5, 5.41) is 2.89. The first kappa shape index (κ1) is 21.9. The lowest BCUT2D eigenvalue weighted by Gasteiger charge is -2.28. The second-order valence-corrected chi connectivity index (χ2v) is 9.73. The van der Waals surface area contributed by atoms with Gasteiger partial charge in [-0.2, -0.15) is 0 Å². The largest absolute Gasteiger partial charge is 0.372 e. The summed E-state index contributed by atoms with van der Waals surface area (Å²) in [6.45, 7) is 4.05. The molecule has 0 aliphatic carbocycles. The van der Waals surface area contributed by atoms with Gasteiger partial charge in [-0.05, 0) is 86.8 Å². The molecule has 1 aliphatic rings. The molecular weight excluding hydrogens is 422 g/mol. The number of aryl methyl sites for hydroxylation is 1. The maximum atomic E-state index is 12.6. The Morgan fingerprint density at radius 3 is 2.00 bits per heavy atom. The van der Waals surface area contributed by atoms with Crippen LogP contribution in [0.15, 0.2) is 77.7 Å². The Hall–Kier alpha value is -3.32. The Balaban J connectivity index is 1.38. The van der Waals surface area contributed by atoms with Gasteiger partial charge in [0.25, 0.3) is 15.9 Å². The predicted octanol–water partition coefficient (Wildman–Crippen LogP) is 5.04. The van der Waals surface area contributed by atoms with Gasteiger partial charge in [0.05, 0.1) is 4.90 Å². The molecule has 0 saturated carbocycles. The molecule has 2 N–H and O–H groups in total. The lowest BCUT2D eigenvalue weighted by Crippen LogP contribution is -2.29. The van der Waals surface area contributed by atoms with E-state index in [4.69, 9.17) is 0 Å². The van der Waals surface area contributed by atoms with Gasteiger partial charge in [0.1, 0.15) is 0 Å². The van der Waals surface area contributed by atoms with Crippen LogP contribution in [0.3, 0.4) is 0 Å². The standard InChI is InChI=1S/C25H27N3O3S/c1-19-5-15-24(16-6-19)32(30,31)27-22-9-7-20(8-10-22)25(29)26-21-11-13-23(14-12-21)28-17-3-2-4-18-28/h5-16,27H,2-4,17-18H2,1H3,(H,26,29). The smallest absolute Gasteiger partial charge is 0.261 e. The van der Waals surface area contributed by atoms with E-state index in [1.54, 1.807) is 48.5 Å². The van der Waals surface area contributed by atoms with Crippen molar-refractivity contribution in [3.8, 4) is 0 Å². The molecule has 1 fully saturated rings. The van der Waals surface area contributed by atoms with Crippen LogP contribution >= 0.6 is 0 Å². The molecule has 166 valence electrons. The molecule has 0 bridgehead atoms. The Morgan fingerprint density at radius 2 is 1.38 bits per heavy atom. The number of carbonyl (C=O) groups excluding carboxylic acids is 1. The highest BCUT2D eigenvalue weighted by atomic mass is 32.2. The van der Waals surface area contributed by atoms with Gasteiger partial charge in [-0.1, -0.05) is 17.7 Å². The quantitative estimate of drug-likeness (QED) is 0.553. The van der Waals surface area contributed by atoms with Crippen LogP contribution in [0.1, 0.15) is 35.2 Å². The average molecular weight is 450 g/mol. The van der Waals surface area contributed by atoms with Gasteiger partial charge in [-0.25, -0.2) is 8.42 Å². The van der Waals surface area contributed by atoms with E-state index in [0.717, 1.165) is 24.3 Å². The van der Waals surface area contributed by atoms with Gasteiger partial charge in [0.15, 0.2) is 0 Å². The normalized spacial score (nSPS) is 14.1. The second-order valence-electron chi connectivity index (χ2n) is 8.04. The minimum atomic E-state index is -3.68. The van der Waals surface area contributed by atoms with Crippen molar-refractivity contribution in [2.45, 2.75) is 31.1 Å². The lowest BCUT2D eigenvalue weighted by atomic mass is 10.1. The average Bonchev–Trinajstić information content (AvgIpc) is 2.80. The number of benzene rings is 3. The number of amides is 1. The number of hydrogen-bond acceptors (Lipinski definition) is 4. The monoisotopic (exact) mass is 449 g/mol. The zero-order valence-electron chi connectivity index (χ0n) is 18.0. The predicted molar refractivity (Wildman–Crippen MR) is 129 cm³/mol. The van der Waals surface area contributed by atoms with E-state index in [1.165, 1.54) is 24.9 Å². The molecule has 0 radical (unpaired) electrons. The van der Waals surface area contributed by atoms with Gasteiger partial charge < -0.3 is 10.2 Å².